The van der Waals surface area contributed by atoms with Crippen LogP contribution < -0.4 is 11.1 Å². The molecule has 11 heteroatoms. The van der Waals surface area contributed by atoms with E-state index in [1.54, 1.807) is 22.2 Å². The first-order valence-corrected chi connectivity index (χ1v) is 14.8. The highest BCUT2D eigenvalue weighted by Crippen LogP contribution is 2.43. The number of likely N-dealkylation sites (N-methyl/N-ethyl adjacent to an activating group) is 1. The largest absolute Gasteiger partial charge is 0.443 e. The van der Waals surface area contributed by atoms with Crippen LogP contribution >= 0.6 is 11.6 Å². The number of carbonyl (C=O) groups excluding carboxylic acids is 2. The number of halogens is 1. The van der Waals surface area contributed by atoms with Gasteiger partial charge in [0.2, 0.25) is 5.91 Å². The van der Waals surface area contributed by atoms with E-state index in [2.05, 4.69) is 16.8 Å². The lowest BCUT2D eigenvalue weighted by molar-refractivity contribution is -0.124. The number of amides is 2. The Bertz CT molecular complexity index is 1450. The molecule has 2 amide bonds. The molecule has 1 saturated carbocycles. The van der Waals surface area contributed by atoms with E-state index in [1.807, 2.05) is 50.4 Å². The Morgan fingerprint density at radius 2 is 2.02 bits per heavy atom. The number of methoxy groups -OCH3 is 1. The molecule has 2 heterocycles. The van der Waals surface area contributed by atoms with E-state index in [-0.39, 0.29) is 30.3 Å². The summed E-state index contributed by atoms with van der Waals surface area (Å²) in [6.07, 6.45) is 8.51. The van der Waals surface area contributed by atoms with Gasteiger partial charge in [-0.05, 0) is 72.5 Å². The summed E-state index contributed by atoms with van der Waals surface area (Å²) in [5, 5.41) is 3.66. The number of ether oxygens (including phenoxy) is 2. The Hall–Kier alpha value is -3.86. The second-order valence-corrected chi connectivity index (χ2v) is 11.8. The van der Waals surface area contributed by atoms with Crippen LogP contribution in [0.4, 0.5) is 4.79 Å². The van der Waals surface area contributed by atoms with Crippen molar-refractivity contribution in [3.05, 3.63) is 88.6 Å². The monoisotopic (exact) mass is 606 g/mol. The molecule has 2 fully saturated rings. The van der Waals surface area contributed by atoms with Crippen LogP contribution in [0.3, 0.4) is 0 Å². The molecule has 0 unspecified atom stereocenters. The molecule has 2 aromatic rings. The van der Waals surface area contributed by atoms with Crippen LogP contribution in [0.5, 0.6) is 0 Å². The van der Waals surface area contributed by atoms with Crippen LogP contribution in [0, 0.1) is 0 Å². The number of aromatic nitrogens is 1. The minimum absolute atomic E-state index is 0.117. The van der Waals surface area contributed by atoms with Crippen LogP contribution in [0.2, 0.25) is 5.02 Å². The molecule has 5 rings (SSSR count). The number of fused-ring (bicyclic) bond motifs is 2. The molecule has 0 radical (unpaired) electrons. The number of nitrogens with one attached hydrogen (secondary N) is 1. The molecule has 1 aromatic carbocycles. The van der Waals surface area contributed by atoms with E-state index in [4.69, 9.17) is 31.8 Å². The second-order valence-electron chi connectivity index (χ2n) is 11.4. The topological polar surface area (TPSA) is 113 Å². The van der Waals surface area contributed by atoms with Gasteiger partial charge >= 0.3 is 6.09 Å². The summed E-state index contributed by atoms with van der Waals surface area (Å²) in [7, 11) is 3.30. The molecule has 2 atom stereocenters. The van der Waals surface area contributed by atoms with Crippen molar-refractivity contribution in [2.75, 3.05) is 46.9 Å². The van der Waals surface area contributed by atoms with E-state index < -0.39 is 6.04 Å². The third-order valence-corrected chi connectivity index (χ3v) is 8.56. The summed E-state index contributed by atoms with van der Waals surface area (Å²) in [6.45, 7) is 8.10. The summed E-state index contributed by atoms with van der Waals surface area (Å²) in [6, 6.07) is 8.84. The maximum atomic E-state index is 13.0. The fourth-order valence-corrected chi connectivity index (χ4v) is 5.85. The van der Waals surface area contributed by atoms with Crippen molar-refractivity contribution in [1.82, 2.24) is 25.0 Å². The van der Waals surface area contributed by atoms with Crippen LogP contribution in [0.1, 0.15) is 48.2 Å². The van der Waals surface area contributed by atoms with Crippen LogP contribution in [-0.4, -0.2) is 90.3 Å². The lowest BCUT2D eigenvalue weighted by atomic mass is 9.89. The van der Waals surface area contributed by atoms with Crippen LogP contribution in [-0.2, 0) is 14.3 Å². The number of nitrogens with two attached hydrogens (primary N) is 1. The molecular weight excluding hydrogens is 568 g/mol. The Morgan fingerprint density at radius 1 is 1.28 bits per heavy atom. The van der Waals surface area contributed by atoms with Gasteiger partial charge in [0.25, 0.3) is 0 Å². The Kier molecular flexibility index (Phi) is 9.10. The number of rotatable bonds is 9. The van der Waals surface area contributed by atoms with Crippen LogP contribution in [0.25, 0.3) is 11.6 Å². The molecule has 1 aliphatic heterocycles. The average Bonchev–Trinajstić information content (AvgIpc) is 3.75. The SMILES string of the molecule is C=CN(C)/C(=C\N)[C@H](NC(=O)COC)C1=Cc2cccnc2[C@@H](N2CCN(C(=O)OC3(C)CC3)CC2)c2ccc(Cl)cc21. The minimum atomic E-state index is -0.657. The van der Waals surface area contributed by atoms with Gasteiger partial charge in [-0.3, -0.25) is 14.7 Å². The molecule has 1 saturated heterocycles. The van der Waals surface area contributed by atoms with Crippen molar-refractivity contribution < 1.29 is 19.1 Å². The first kappa shape index (κ1) is 30.6. The molecule has 0 bridgehead atoms. The van der Waals surface area contributed by atoms with Gasteiger partial charge < -0.3 is 30.3 Å². The summed E-state index contributed by atoms with van der Waals surface area (Å²) >= 11 is 6.63. The number of piperazine rings is 1. The highest BCUT2D eigenvalue weighted by Gasteiger charge is 2.43. The van der Waals surface area contributed by atoms with E-state index in [1.165, 1.54) is 13.3 Å². The predicted octanol–water partition coefficient (Wildman–Crippen LogP) is 3.99. The van der Waals surface area contributed by atoms with E-state index in [0.717, 1.165) is 40.8 Å². The molecule has 3 N–H and O–H groups in total. The third kappa shape index (κ3) is 6.56. The zero-order valence-corrected chi connectivity index (χ0v) is 25.6. The first-order chi connectivity index (χ1) is 20.7. The fourth-order valence-electron chi connectivity index (χ4n) is 5.68. The van der Waals surface area contributed by atoms with Gasteiger partial charge in [0.1, 0.15) is 12.2 Å². The summed E-state index contributed by atoms with van der Waals surface area (Å²) in [4.78, 5) is 36.6. The van der Waals surface area contributed by atoms with E-state index in [0.29, 0.717) is 36.9 Å². The third-order valence-electron chi connectivity index (χ3n) is 8.33. The van der Waals surface area contributed by atoms with Gasteiger partial charge in [0, 0.05) is 57.8 Å². The summed E-state index contributed by atoms with van der Waals surface area (Å²) in [5.74, 6) is -0.302. The number of hydrogen-bond acceptors (Lipinski definition) is 8. The van der Waals surface area contributed by atoms with E-state index in [9.17, 15) is 9.59 Å². The van der Waals surface area contributed by atoms with Gasteiger partial charge in [0.05, 0.1) is 23.5 Å². The van der Waals surface area contributed by atoms with Crippen molar-refractivity contribution >= 4 is 35.3 Å². The molecule has 228 valence electrons. The van der Waals surface area contributed by atoms with Gasteiger partial charge in [0.15, 0.2) is 0 Å². The van der Waals surface area contributed by atoms with Gasteiger partial charge in [-0.1, -0.05) is 30.3 Å². The molecule has 3 aliphatic rings. The average molecular weight is 607 g/mol. The smallest absolute Gasteiger partial charge is 0.410 e. The summed E-state index contributed by atoms with van der Waals surface area (Å²) < 4.78 is 10.9. The predicted molar refractivity (Wildman–Crippen MR) is 167 cm³/mol. The zero-order valence-electron chi connectivity index (χ0n) is 24.9. The number of pyridine rings is 1. The second kappa shape index (κ2) is 12.8. The maximum Gasteiger partial charge on any atom is 0.410 e. The van der Waals surface area contributed by atoms with Crippen molar-refractivity contribution in [2.24, 2.45) is 5.73 Å². The number of benzene rings is 1. The lowest BCUT2D eigenvalue weighted by Crippen LogP contribution is -2.50. The normalized spacial score (nSPS) is 20.1. The van der Waals surface area contributed by atoms with Gasteiger partial charge in [-0.25, -0.2) is 4.79 Å². The molecular formula is C32H39ClN6O4. The molecule has 43 heavy (non-hydrogen) atoms. The maximum absolute atomic E-state index is 13.0. The van der Waals surface area contributed by atoms with Crippen molar-refractivity contribution in [3.63, 3.8) is 0 Å². The highest BCUT2D eigenvalue weighted by atomic mass is 35.5. The molecule has 0 spiro atoms. The Morgan fingerprint density at radius 3 is 2.67 bits per heavy atom. The Balaban J connectivity index is 1.56. The minimum Gasteiger partial charge on any atom is -0.443 e. The van der Waals surface area contributed by atoms with E-state index >= 15 is 0 Å². The molecule has 10 nitrogen and oxygen atoms in total. The molecule has 2 aliphatic carbocycles. The lowest BCUT2D eigenvalue weighted by Gasteiger charge is -2.39. The summed E-state index contributed by atoms with van der Waals surface area (Å²) in [5.41, 5.74) is 10.9. The van der Waals surface area contributed by atoms with Crippen LogP contribution in [0.15, 0.2) is 61.2 Å². The number of nitrogens with zero attached hydrogens (tertiary/aromatic N) is 4. The van der Waals surface area contributed by atoms with Gasteiger partial charge in [-0.2, -0.15) is 0 Å². The highest BCUT2D eigenvalue weighted by molar-refractivity contribution is 6.30. The molecule has 1 aromatic heterocycles. The fraction of sp³-hybridized carbons (Fsp3) is 0.406. The van der Waals surface area contributed by atoms with Crippen molar-refractivity contribution in [1.29, 1.82) is 0 Å². The number of hydrogen-bond donors (Lipinski definition) is 2. The quantitative estimate of drug-likeness (QED) is 0.441. The van der Waals surface area contributed by atoms with Crippen molar-refractivity contribution in [3.8, 4) is 0 Å². The Labute approximate surface area is 257 Å². The van der Waals surface area contributed by atoms with Gasteiger partial charge in [-0.15, -0.1) is 0 Å². The number of carbonyl (C=O) groups is 2. The first-order valence-electron chi connectivity index (χ1n) is 14.4. The standard InChI is InChI=1S/C32H39ClN6O4/c1-5-37(3)26(19-34)29(36-27(40)20-42-4)25-17-21-7-6-12-35-28(21)30(23-9-8-22(33)18-24(23)25)38-13-15-39(16-14-38)31(41)43-32(2)10-11-32/h5-9,12,17-19,29-30H,1,10-11,13-16,20,34H2,2-4H3,(H,36,40)/b26-19-/t29-,30+/m1/s1. The van der Waals surface area contributed by atoms with Crippen molar-refractivity contribution in [2.45, 2.75) is 37.5 Å². The zero-order chi connectivity index (χ0) is 30.7.